The van der Waals surface area contributed by atoms with Gasteiger partial charge in [-0.25, -0.2) is 9.71 Å². The first-order valence-electron chi connectivity index (χ1n) is 10.3. The summed E-state index contributed by atoms with van der Waals surface area (Å²) in [5.41, 5.74) is 0.865. The number of amides is 1. The van der Waals surface area contributed by atoms with Crippen molar-refractivity contribution in [2.24, 2.45) is 0 Å². The minimum absolute atomic E-state index is 0.383. The fourth-order valence-electron chi connectivity index (χ4n) is 3.99. The van der Waals surface area contributed by atoms with Crippen molar-refractivity contribution in [3.63, 3.8) is 0 Å². The van der Waals surface area contributed by atoms with Crippen LogP contribution in [-0.2, 0) is 14.8 Å². The van der Waals surface area contributed by atoms with Gasteiger partial charge >= 0.3 is 0 Å². The number of aryl methyl sites for hydroxylation is 1. The van der Waals surface area contributed by atoms with E-state index in [2.05, 4.69) is 11.1 Å². The lowest BCUT2D eigenvalue weighted by molar-refractivity contribution is -0.128. The van der Waals surface area contributed by atoms with Crippen molar-refractivity contribution in [2.45, 2.75) is 68.4 Å². The standard InChI is InChI=1S/C22H25FN2O4S/c1-15-10-11-17(16-6-3-2-4-7-16)18(14-15)29-22(12-13-22)21(26)25-30(27,28)20-9-5-8-19(23)24-20/h5,8-11,14,16H,2-4,6-7,12-13H2,1H3,(H,25,26). The smallest absolute Gasteiger partial charge is 0.281 e. The number of carbonyl (C=O) groups is 1. The number of rotatable bonds is 6. The maximum atomic E-state index is 13.3. The third-order valence-electron chi connectivity index (χ3n) is 5.83. The minimum atomic E-state index is -4.29. The van der Waals surface area contributed by atoms with E-state index in [1.54, 1.807) is 0 Å². The Hall–Kier alpha value is -2.48. The van der Waals surface area contributed by atoms with Gasteiger partial charge in [0.05, 0.1) is 0 Å². The summed E-state index contributed by atoms with van der Waals surface area (Å²) < 4.78 is 46.5. The monoisotopic (exact) mass is 432 g/mol. The molecule has 2 aliphatic carbocycles. The van der Waals surface area contributed by atoms with E-state index in [1.807, 2.05) is 23.8 Å². The average Bonchev–Trinajstić information content (AvgIpc) is 3.49. The summed E-state index contributed by atoms with van der Waals surface area (Å²) in [5, 5.41) is -0.537. The fraction of sp³-hybridized carbons (Fsp3) is 0.455. The zero-order chi connectivity index (χ0) is 21.4. The van der Waals surface area contributed by atoms with Gasteiger partial charge in [-0.05, 0) is 55.0 Å². The highest BCUT2D eigenvalue weighted by atomic mass is 32.2. The van der Waals surface area contributed by atoms with E-state index in [4.69, 9.17) is 4.74 Å². The van der Waals surface area contributed by atoms with Crippen molar-refractivity contribution in [1.82, 2.24) is 9.71 Å². The van der Waals surface area contributed by atoms with E-state index < -0.39 is 32.5 Å². The van der Waals surface area contributed by atoms with E-state index in [0.29, 0.717) is 24.5 Å². The molecule has 1 aromatic heterocycles. The lowest BCUT2D eigenvalue weighted by Gasteiger charge is -2.26. The van der Waals surface area contributed by atoms with Crippen LogP contribution in [0.15, 0.2) is 41.4 Å². The third-order valence-corrected chi connectivity index (χ3v) is 7.06. The summed E-state index contributed by atoms with van der Waals surface area (Å²) in [5.74, 6) is -0.645. The number of nitrogens with one attached hydrogen (secondary N) is 1. The molecule has 0 bridgehead atoms. The number of halogens is 1. The highest BCUT2D eigenvalue weighted by molar-refractivity contribution is 7.90. The molecule has 4 rings (SSSR count). The van der Waals surface area contributed by atoms with Crippen molar-refractivity contribution in [1.29, 1.82) is 0 Å². The molecule has 0 saturated heterocycles. The van der Waals surface area contributed by atoms with Crippen LogP contribution in [0.4, 0.5) is 4.39 Å². The van der Waals surface area contributed by atoms with Gasteiger partial charge in [-0.3, -0.25) is 4.79 Å². The molecule has 160 valence electrons. The van der Waals surface area contributed by atoms with Gasteiger partial charge in [-0.15, -0.1) is 0 Å². The molecule has 2 fully saturated rings. The molecule has 1 heterocycles. The molecule has 2 aromatic rings. The molecule has 2 aliphatic rings. The Morgan fingerprint density at radius 2 is 1.90 bits per heavy atom. The predicted octanol–water partition coefficient (Wildman–Crippen LogP) is 3.99. The lowest BCUT2D eigenvalue weighted by atomic mass is 9.83. The zero-order valence-electron chi connectivity index (χ0n) is 16.9. The maximum absolute atomic E-state index is 13.3. The van der Waals surface area contributed by atoms with Gasteiger partial charge in [0, 0.05) is 12.8 Å². The molecular formula is C22H25FN2O4S. The molecule has 0 atom stereocenters. The third kappa shape index (κ3) is 4.33. The lowest BCUT2D eigenvalue weighted by Crippen LogP contribution is -2.43. The number of sulfonamides is 1. The van der Waals surface area contributed by atoms with Crippen LogP contribution in [0, 0.1) is 12.9 Å². The molecule has 0 spiro atoms. The number of hydrogen-bond acceptors (Lipinski definition) is 5. The first-order valence-corrected chi connectivity index (χ1v) is 11.8. The maximum Gasteiger partial charge on any atom is 0.281 e. The molecule has 6 nitrogen and oxygen atoms in total. The zero-order valence-corrected chi connectivity index (χ0v) is 17.7. The molecule has 0 aliphatic heterocycles. The second-order valence-electron chi connectivity index (χ2n) is 8.21. The van der Waals surface area contributed by atoms with Crippen LogP contribution in [0.5, 0.6) is 5.75 Å². The van der Waals surface area contributed by atoms with Gasteiger partial charge in [-0.2, -0.15) is 12.8 Å². The van der Waals surface area contributed by atoms with Crippen LogP contribution in [-0.4, -0.2) is 24.9 Å². The van der Waals surface area contributed by atoms with Crippen molar-refractivity contribution in [2.75, 3.05) is 0 Å². The number of benzene rings is 1. The van der Waals surface area contributed by atoms with Crippen LogP contribution in [0.1, 0.15) is 62.0 Å². The Morgan fingerprint density at radius 1 is 1.17 bits per heavy atom. The van der Waals surface area contributed by atoms with Crippen molar-refractivity contribution in [3.8, 4) is 5.75 Å². The highest BCUT2D eigenvalue weighted by Gasteiger charge is 2.54. The molecule has 0 unspecified atom stereocenters. The second kappa shape index (κ2) is 7.98. The molecule has 0 radical (unpaired) electrons. The van der Waals surface area contributed by atoms with Crippen LogP contribution in [0.25, 0.3) is 0 Å². The van der Waals surface area contributed by atoms with E-state index in [1.165, 1.54) is 25.3 Å². The van der Waals surface area contributed by atoms with E-state index >= 15 is 0 Å². The Morgan fingerprint density at radius 3 is 2.57 bits per heavy atom. The van der Waals surface area contributed by atoms with Gasteiger partial charge in [0.2, 0.25) is 5.95 Å². The predicted molar refractivity (Wildman–Crippen MR) is 109 cm³/mol. The van der Waals surface area contributed by atoms with Gasteiger partial charge in [0.1, 0.15) is 5.75 Å². The second-order valence-corrected chi connectivity index (χ2v) is 9.84. The van der Waals surface area contributed by atoms with Crippen LogP contribution in [0.2, 0.25) is 0 Å². The van der Waals surface area contributed by atoms with Crippen LogP contribution >= 0.6 is 0 Å². The molecule has 30 heavy (non-hydrogen) atoms. The molecule has 1 aromatic carbocycles. The topological polar surface area (TPSA) is 85.4 Å². The van der Waals surface area contributed by atoms with Crippen molar-refractivity contribution in [3.05, 3.63) is 53.5 Å². The fourth-order valence-corrected chi connectivity index (χ4v) is 4.99. The molecule has 1 N–H and O–H groups in total. The Labute approximate surface area is 175 Å². The molecule has 1 amide bonds. The SMILES string of the molecule is Cc1ccc(C2CCCCC2)c(OC2(C(=O)NS(=O)(=O)c3cccc(F)n3)CC2)c1. The number of aromatic nitrogens is 1. The number of ether oxygens (including phenoxy) is 1. The number of carbonyl (C=O) groups excluding carboxylic acids is 1. The summed E-state index contributed by atoms with van der Waals surface area (Å²) in [4.78, 5) is 16.2. The molecule has 8 heteroatoms. The summed E-state index contributed by atoms with van der Waals surface area (Å²) in [6.45, 7) is 1.96. The van der Waals surface area contributed by atoms with Gasteiger partial charge in [0.15, 0.2) is 10.6 Å². The Kier molecular flexibility index (Phi) is 5.53. The summed E-state index contributed by atoms with van der Waals surface area (Å²) >= 11 is 0. The van der Waals surface area contributed by atoms with Crippen molar-refractivity contribution < 1.29 is 22.3 Å². The first kappa shape index (κ1) is 20.8. The molecular weight excluding hydrogens is 407 g/mol. The van der Waals surface area contributed by atoms with Crippen LogP contribution < -0.4 is 9.46 Å². The van der Waals surface area contributed by atoms with Gasteiger partial charge in [0.25, 0.3) is 15.9 Å². The minimum Gasteiger partial charge on any atom is -0.477 e. The van der Waals surface area contributed by atoms with E-state index in [0.717, 1.165) is 36.1 Å². The Bertz CT molecular complexity index is 1060. The van der Waals surface area contributed by atoms with Gasteiger partial charge in [-0.1, -0.05) is 37.5 Å². The van der Waals surface area contributed by atoms with Gasteiger partial charge < -0.3 is 4.74 Å². The summed E-state index contributed by atoms with van der Waals surface area (Å²) in [7, 11) is -4.29. The summed E-state index contributed by atoms with van der Waals surface area (Å²) in [6, 6.07) is 9.42. The van der Waals surface area contributed by atoms with E-state index in [-0.39, 0.29) is 0 Å². The quantitative estimate of drug-likeness (QED) is 0.698. The largest absolute Gasteiger partial charge is 0.477 e. The number of nitrogens with zero attached hydrogens (tertiary/aromatic N) is 1. The Balaban J connectivity index is 1.55. The van der Waals surface area contributed by atoms with E-state index in [9.17, 15) is 17.6 Å². The number of hydrogen-bond donors (Lipinski definition) is 1. The number of pyridine rings is 1. The normalized spacial score (nSPS) is 18.6. The van der Waals surface area contributed by atoms with Crippen molar-refractivity contribution >= 4 is 15.9 Å². The first-order chi connectivity index (χ1) is 14.3. The average molecular weight is 433 g/mol. The molecule has 2 saturated carbocycles. The highest BCUT2D eigenvalue weighted by Crippen LogP contribution is 2.45. The van der Waals surface area contributed by atoms with Crippen LogP contribution in [0.3, 0.4) is 0 Å². The summed E-state index contributed by atoms with van der Waals surface area (Å²) in [6.07, 6.45) is 6.57.